The Balaban J connectivity index is 0.00000128. The van der Waals surface area contributed by atoms with Gasteiger partial charge < -0.3 is 5.32 Å². The predicted octanol–water partition coefficient (Wildman–Crippen LogP) is 0.880. The van der Waals surface area contributed by atoms with Gasteiger partial charge in [0, 0.05) is 6.54 Å². The van der Waals surface area contributed by atoms with E-state index in [-0.39, 0.29) is 23.1 Å². The van der Waals surface area contributed by atoms with Gasteiger partial charge in [0.05, 0.1) is 5.25 Å². The highest BCUT2D eigenvalue weighted by molar-refractivity contribution is 7.90. The molecule has 0 aromatic rings. The molecule has 0 aromatic carbocycles. The maximum atomic E-state index is 11.7. The fourth-order valence-corrected chi connectivity index (χ4v) is 3.52. The van der Waals surface area contributed by atoms with Crippen LogP contribution in [0.15, 0.2) is 0 Å². The van der Waals surface area contributed by atoms with Gasteiger partial charge >= 0.3 is 0 Å². The van der Waals surface area contributed by atoms with Gasteiger partial charge in [-0.2, -0.15) is 0 Å². The third-order valence-corrected chi connectivity index (χ3v) is 5.37. The third-order valence-electron chi connectivity index (χ3n) is 3.47. The van der Waals surface area contributed by atoms with Crippen molar-refractivity contribution in [3.05, 3.63) is 0 Å². The molecule has 16 heavy (non-hydrogen) atoms. The molecule has 1 saturated carbocycles. The second kappa shape index (κ2) is 5.21. The standard InChI is InChI=1S/C10H20N2O2S.ClH/c1-10(4-6-11-7-5-10)8-12-15(13,14)9-2-3-9;/h9,11-12H,2-8H2,1H3;1H. The molecule has 0 radical (unpaired) electrons. The summed E-state index contributed by atoms with van der Waals surface area (Å²) < 4.78 is 26.1. The summed E-state index contributed by atoms with van der Waals surface area (Å²) in [5.41, 5.74) is 0.146. The molecule has 2 fully saturated rings. The molecule has 0 bridgehead atoms. The van der Waals surface area contributed by atoms with Crippen molar-refractivity contribution < 1.29 is 8.42 Å². The van der Waals surface area contributed by atoms with Crippen LogP contribution < -0.4 is 10.0 Å². The number of nitrogens with one attached hydrogen (secondary N) is 2. The fraction of sp³-hybridized carbons (Fsp3) is 1.00. The first-order valence-corrected chi connectivity index (χ1v) is 7.26. The van der Waals surface area contributed by atoms with Crippen LogP contribution in [0.3, 0.4) is 0 Å². The van der Waals surface area contributed by atoms with Crippen molar-refractivity contribution in [2.24, 2.45) is 5.41 Å². The van der Waals surface area contributed by atoms with Gasteiger partial charge in [0.1, 0.15) is 0 Å². The molecule has 1 aliphatic heterocycles. The van der Waals surface area contributed by atoms with E-state index in [4.69, 9.17) is 0 Å². The van der Waals surface area contributed by atoms with Crippen LogP contribution in [-0.4, -0.2) is 33.3 Å². The van der Waals surface area contributed by atoms with Gasteiger partial charge in [-0.15, -0.1) is 12.4 Å². The summed E-state index contributed by atoms with van der Waals surface area (Å²) in [5, 5.41) is 3.20. The maximum absolute atomic E-state index is 11.7. The van der Waals surface area contributed by atoms with Gasteiger partial charge in [0.25, 0.3) is 0 Å². The molecule has 2 aliphatic rings. The molecule has 1 saturated heterocycles. The molecule has 1 aliphatic carbocycles. The lowest BCUT2D eigenvalue weighted by Crippen LogP contribution is -2.43. The Labute approximate surface area is 104 Å². The van der Waals surface area contributed by atoms with Crippen molar-refractivity contribution in [3.8, 4) is 0 Å². The van der Waals surface area contributed by atoms with Crippen LogP contribution in [0, 0.1) is 5.41 Å². The average molecular weight is 269 g/mol. The molecule has 1 heterocycles. The highest BCUT2D eigenvalue weighted by Crippen LogP contribution is 2.30. The quantitative estimate of drug-likeness (QED) is 0.796. The Morgan fingerprint density at radius 1 is 1.31 bits per heavy atom. The van der Waals surface area contributed by atoms with Gasteiger partial charge in [-0.25, -0.2) is 13.1 Å². The Hall–Kier alpha value is 0.160. The van der Waals surface area contributed by atoms with Crippen LogP contribution in [0.2, 0.25) is 0 Å². The summed E-state index contributed by atoms with van der Waals surface area (Å²) in [4.78, 5) is 0. The van der Waals surface area contributed by atoms with Gasteiger partial charge in [-0.1, -0.05) is 6.92 Å². The predicted molar refractivity (Wildman–Crippen MR) is 67.4 cm³/mol. The minimum absolute atomic E-state index is 0. The van der Waals surface area contributed by atoms with Gasteiger partial charge in [-0.3, -0.25) is 0 Å². The van der Waals surface area contributed by atoms with E-state index in [2.05, 4.69) is 17.0 Å². The molecule has 6 heteroatoms. The number of rotatable bonds is 4. The summed E-state index contributed by atoms with van der Waals surface area (Å²) in [6, 6.07) is 0. The number of hydrogen-bond donors (Lipinski definition) is 2. The van der Waals surface area contributed by atoms with Crippen molar-refractivity contribution in [1.29, 1.82) is 0 Å². The van der Waals surface area contributed by atoms with Crippen LogP contribution >= 0.6 is 12.4 Å². The highest BCUT2D eigenvalue weighted by atomic mass is 35.5. The molecule has 0 atom stereocenters. The van der Waals surface area contributed by atoms with Gasteiger partial charge in [0.15, 0.2) is 0 Å². The minimum Gasteiger partial charge on any atom is -0.317 e. The normalized spacial score (nSPS) is 24.8. The Morgan fingerprint density at radius 2 is 1.88 bits per heavy atom. The largest absolute Gasteiger partial charge is 0.317 e. The van der Waals surface area contributed by atoms with Crippen LogP contribution in [0.1, 0.15) is 32.6 Å². The SMILES string of the molecule is CC1(CNS(=O)(=O)C2CC2)CCNCC1.Cl. The monoisotopic (exact) mass is 268 g/mol. The zero-order chi connectivity index (χ0) is 10.9. The molecule has 0 spiro atoms. The molecular weight excluding hydrogens is 248 g/mol. The van der Waals surface area contributed by atoms with Crippen molar-refractivity contribution in [1.82, 2.24) is 10.0 Å². The lowest BCUT2D eigenvalue weighted by atomic mass is 9.81. The first-order valence-electron chi connectivity index (χ1n) is 5.71. The van der Waals surface area contributed by atoms with E-state index < -0.39 is 10.0 Å². The molecule has 0 amide bonds. The molecule has 0 aromatic heterocycles. The van der Waals surface area contributed by atoms with Gasteiger partial charge in [0.2, 0.25) is 10.0 Å². The number of sulfonamides is 1. The minimum atomic E-state index is -2.99. The molecule has 4 nitrogen and oxygen atoms in total. The topological polar surface area (TPSA) is 58.2 Å². The van der Waals surface area contributed by atoms with Crippen LogP contribution in [0.4, 0.5) is 0 Å². The van der Waals surface area contributed by atoms with Crippen LogP contribution in [0.25, 0.3) is 0 Å². The maximum Gasteiger partial charge on any atom is 0.214 e. The second-order valence-corrected chi connectivity index (χ2v) is 7.17. The smallest absolute Gasteiger partial charge is 0.214 e. The van der Waals surface area contributed by atoms with Crippen molar-refractivity contribution in [2.75, 3.05) is 19.6 Å². The molecule has 0 unspecified atom stereocenters. The Kier molecular flexibility index (Phi) is 4.63. The Bertz CT molecular complexity index is 322. The van der Waals surface area contributed by atoms with E-state index in [0.29, 0.717) is 6.54 Å². The van der Waals surface area contributed by atoms with E-state index in [1.807, 2.05) is 0 Å². The highest BCUT2D eigenvalue weighted by Gasteiger charge is 2.37. The zero-order valence-corrected chi connectivity index (χ0v) is 11.3. The van der Waals surface area contributed by atoms with E-state index in [9.17, 15) is 8.42 Å². The summed E-state index contributed by atoms with van der Waals surface area (Å²) in [5.74, 6) is 0. The first kappa shape index (κ1) is 14.2. The summed E-state index contributed by atoms with van der Waals surface area (Å²) in [6.45, 7) is 4.78. The number of halogens is 1. The molecule has 96 valence electrons. The van der Waals surface area contributed by atoms with Crippen LogP contribution in [0.5, 0.6) is 0 Å². The van der Waals surface area contributed by atoms with E-state index >= 15 is 0 Å². The molecule has 2 rings (SSSR count). The summed E-state index contributed by atoms with van der Waals surface area (Å²) in [7, 11) is -2.99. The van der Waals surface area contributed by atoms with Crippen LogP contribution in [-0.2, 0) is 10.0 Å². The number of piperidine rings is 1. The van der Waals surface area contributed by atoms with Crippen molar-refractivity contribution in [3.63, 3.8) is 0 Å². The molecular formula is C10H21ClN2O2S. The number of hydrogen-bond acceptors (Lipinski definition) is 3. The van der Waals surface area contributed by atoms with E-state index in [1.54, 1.807) is 0 Å². The lowest BCUT2D eigenvalue weighted by molar-refractivity contribution is 0.232. The van der Waals surface area contributed by atoms with E-state index in [0.717, 1.165) is 38.8 Å². The molecule has 2 N–H and O–H groups in total. The van der Waals surface area contributed by atoms with Crippen molar-refractivity contribution in [2.45, 2.75) is 37.9 Å². The first-order chi connectivity index (χ1) is 7.02. The zero-order valence-electron chi connectivity index (χ0n) is 9.66. The van der Waals surface area contributed by atoms with E-state index in [1.165, 1.54) is 0 Å². The van der Waals surface area contributed by atoms with Gasteiger partial charge in [-0.05, 0) is 44.2 Å². The fourth-order valence-electron chi connectivity index (χ4n) is 1.98. The second-order valence-electron chi connectivity index (χ2n) is 5.13. The Morgan fingerprint density at radius 3 is 2.38 bits per heavy atom. The third kappa shape index (κ3) is 3.58. The van der Waals surface area contributed by atoms with Crippen molar-refractivity contribution >= 4 is 22.4 Å². The average Bonchev–Trinajstić information content (AvgIpc) is 3.00. The lowest BCUT2D eigenvalue weighted by Gasteiger charge is -2.34. The summed E-state index contributed by atoms with van der Waals surface area (Å²) in [6.07, 6.45) is 3.79. The summed E-state index contributed by atoms with van der Waals surface area (Å²) >= 11 is 0.